The molecule has 2 aliphatic rings. The standard InChI is InChI=1S/C11H17N3O2S/c1-8-6-14(10-2-3-10)11(12-8)13-9-4-5-17(15,16)7-9/h6,9-10H,2-5,7H2,1H3,(H,12,13). The number of hydrogen-bond donors (Lipinski definition) is 1. The van der Waals surface area contributed by atoms with Gasteiger partial charge in [-0.05, 0) is 26.2 Å². The monoisotopic (exact) mass is 255 g/mol. The molecule has 1 aromatic heterocycles. The first kappa shape index (κ1) is 11.1. The maximum Gasteiger partial charge on any atom is 0.203 e. The SMILES string of the molecule is Cc1cn(C2CC2)c(NC2CCS(=O)(=O)C2)n1. The Balaban J connectivity index is 1.77. The second kappa shape index (κ2) is 3.73. The molecular formula is C11H17N3O2S. The van der Waals surface area contributed by atoms with Crippen LogP contribution in [0.15, 0.2) is 6.20 Å². The van der Waals surface area contributed by atoms with E-state index in [1.807, 2.05) is 13.1 Å². The smallest absolute Gasteiger partial charge is 0.203 e. The molecule has 0 radical (unpaired) electrons. The van der Waals surface area contributed by atoms with Crippen molar-refractivity contribution in [3.05, 3.63) is 11.9 Å². The van der Waals surface area contributed by atoms with E-state index in [2.05, 4.69) is 14.9 Å². The van der Waals surface area contributed by atoms with E-state index in [0.717, 1.165) is 11.6 Å². The topological polar surface area (TPSA) is 64.0 Å². The Kier molecular flexibility index (Phi) is 2.43. The highest BCUT2D eigenvalue weighted by Crippen LogP contribution is 2.37. The summed E-state index contributed by atoms with van der Waals surface area (Å²) in [6.07, 6.45) is 5.14. The average molecular weight is 255 g/mol. The van der Waals surface area contributed by atoms with Crippen molar-refractivity contribution >= 4 is 15.8 Å². The van der Waals surface area contributed by atoms with E-state index in [4.69, 9.17) is 0 Å². The third-order valence-electron chi connectivity index (χ3n) is 3.36. The fraction of sp³-hybridized carbons (Fsp3) is 0.727. The fourth-order valence-electron chi connectivity index (χ4n) is 2.35. The zero-order chi connectivity index (χ0) is 12.0. The largest absolute Gasteiger partial charge is 0.352 e. The molecule has 0 aromatic carbocycles. The first-order valence-corrected chi connectivity index (χ1v) is 7.88. The predicted octanol–water partition coefficient (Wildman–Crippen LogP) is 1.13. The molecule has 1 N–H and O–H groups in total. The number of nitrogens with zero attached hydrogens (tertiary/aromatic N) is 2. The Morgan fingerprint density at radius 2 is 2.18 bits per heavy atom. The molecule has 0 bridgehead atoms. The first-order valence-electron chi connectivity index (χ1n) is 6.06. The molecule has 17 heavy (non-hydrogen) atoms. The molecule has 3 rings (SSSR count). The molecule has 1 atom stereocenters. The van der Waals surface area contributed by atoms with Gasteiger partial charge < -0.3 is 9.88 Å². The summed E-state index contributed by atoms with van der Waals surface area (Å²) >= 11 is 0. The van der Waals surface area contributed by atoms with Crippen LogP contribution < -0.4 is 5.32 Å². The van der Waals surface area contributed by atoms with Crippen LogP contribution in [0.4, 0.5) is 5.95 Å². The number of sulfone groups is 1. The molecule has 1 aromatic rings. The molecule has 0 spiro atoms. The normalized spacial score (nSPS) is 27.2. The van der Waals surface area contributed by atoms with Crippen LogP contribution in [0.25, 0.3) is 0 Å². The lowest BCUT2D eigenvalue weighted by Gasteiger charge is -2.13. The first-order chi connectivity index (χ1) is 8.03. The number of nitrogens with one attached hydrogen (secondary N) is 1. The van der Waals surface area contributed by atoms with Gasteiger partial charge in [-0.1, -0.05) is 0 Å². The van der Waals surface area contributed by atoms with E-state index in [9.17, 15) is 8.42 Å². The lowest BCUT2D eigenvalue weighted by Crippen LogP contribution is -2.22. The highest BCUT2D eigenvalue weighted by atomic mass is 32.2. The third kappa shape index (κ3) is 2.31. The van der Waals surface area contributed by atoms with E-state index in [1.54, 1.807) is 0 Å². The van der Waals surface area contributed by atoms with Crippen molar-refractivity contribution < 1.29 is 8.42 Å². The molecule has 5 nitrogen and oxygen atoms in total. The fourth-order valence-corrected chi connectivity index (χ4v) is 4.02. The van der Waals surface area contributed by atoms with Crippen LogP contribution in [0.5, 0.6) is 0 Å². The van der Waals surface area contributed by atoms with Gasteiger partial charge in [0.05, 0.1) is 17.2 Å². The maximum atomic E-state index is 11.4. The Labute approximate surface area is 101 Å². The van der Waals surface area contributed by atoms with E-state index in [0.29, 0.717) is 18.2 Å². The summed E-state index contributed by atoms with van der Waals surface area (Å²) in [5, 5.41) is 3.28. The number of aromatic nitrogens is 2. The van der Waals surface area contributed by atoms with Crippen LogP contribution in [0.2, 0.25) is 0 Å². The van der Waals surface area contributed by atoms with Gasteiger partial charge in [0.2, 0.25) is 5.95 Å². The van der Waals surface area contributed by atoms with Crippen LogP contribution in [-0.4, -0.2) is 35.5 Å². The average Bonchev–Trinajstić information content (AvgIpc) is 2.93. The van der Waals surface area contributed by atoms with E-state index in [1.165, 1.54) is 12.8 Å². The Hall–Kier alpha value is -1.04. The minimum Gasteiger partial charge on any atom is -0.352 e. The number of aryl methyl sites for hydroxylation is 1. The van der Waals surface area contributed by atoms with Gasteiger partial charge in [-0.15, -0.1) is 0 Å². The molecule has 1 saturated carbocycles. The van der Waals surface area contributed by atoms with Crippen molar-refractivity contribution in [1.29, 1.82) is 0 Å². The third-order valence-corrected chi connectivity index (χ3v) is 5.13. The minimum absolute atomic E-state index is 0.0271. The van der Waals surface area contributed by atoms with Crippen molar-refractivity contribution in [2.24, 2.45) is 0 Å². The van der Waals surface area contributed by atoms with Crippen molar-refractivity contribution in [3.8, 4) is 0 Å². The molecular weight excluding hydrogens is 238 g/mol. The van der Waals surface area contributed by atoms with Gasteiger partial charge >= 0.3 is 0 Å². The maximum absolute atomic E-state index is 11.4. The Morgan fingerprint density at radius 3 is 2.76 bits per heavy atom. The molecule has 1 saturated heterocycles. The molecule has 94 valence electrons. The van der Waals surface area contributed by atoms with E-state index >= 15 is 0 Å². The zero-order valence-electron chi connectivity index (χ0n) is 9.89. The molecule has 2 heterocycles. The van der Waals surface area contributed by atoms with Gasteiger partial charge in [0.15, 0.2) is 9.84 Å². The van der Waals surface area contributed by atoms with Crippen LogP contribution in [-0.2, 0) is 9.84 Å². The highest BCUT2D eigenvalue weighted by Gasteiger charge is 2.31. The van der Waals surface area contributed by atoms with E-state index < -0.39 is 9.84 Å². The van der Waals surface area contributed by atoms with E-state index in [-0.39, 0.29) is 11.8 Å². The summed E-state index contributed by atoms with van der Waals surface area (Å²) in [4.78, 5) is 4.44. The van der Waals surface area contributed by atoms with Crippen LogP contribution in [0.1, 0.15) is 31.0 Å². The summed E-state index contributed by atoms with van der Waals surface area (Å²) in [5.74, 6) is 1.38. The van der Waals surface area contributed by atoms with Crippen molar-refractivity contribution in [2.75, 3.05) is 16.8 Å². The second-order valence-corrected chi connectivity index (χ2v) is 7.32. The van der Waals surface area contributed by atoms with Crippen molar-refractivity contribution in [2.45, 2.75) is 38.3 Å². The molecule has 0 amide bonds. The lowest BCUT2D eigenvalue weighted by atomic mass is 10.3. The summed E-state index contributed by atoms with van der Waals surface area (Å²) in [6.45, 7) is 1.97. The predicted molar refractivity (Wildman–Crippen MR) is 65.9 cm³/mol. The van der Waals surface area contributed by atoms with Gasteiger partial charge in [0.1, 0.15) is 0 Å². The van der Waals surface area contributed by atoms with Crippen molar-refractivity contribution in [3.63, 3.8) is 0 Å². The number of imidazole rings is 1. The Bertz CT molecular complexity index is 531. The summed E-state index contributed by atoms with van der Waals surface area (Å²) < 4.78 is 25.0. The van der Waals surface area contributed by atoms with Crippen LogP contribution in [0, 0.1) is 6.92 Å². The van der Waals surface area contributed by atoms with Gasteiger partial charge in [0, 0.05) is 18.3 Å². The van der Waals surface area contributed by atoms with Crippen LogP contribution >= 0.6 is 0 Å². The molecule has 1 unspecified atom stereocenters. The lowest BCUT2D eigenvalue weighted by molar-refractivity contribution is 0.601. The van der Waals surface area contributed by atoms with Gasteiger partial charge in [-0.2, -0.15) is 0 Å². The van der Waals surface area contributed by atoms with Gasteiger partial charge in [-0.3, -0.25) is 0 Å². The summed E-state index contributed by atoms with van der Waals surface area (Å²) in [7, 11) is -2.83. The second-order valence-electron chi connectivity index (χ2n) is 5.09. The quantitative estimate of drug-likeness (QED) is 0.879. The van der Waals surface area contributed by atoms with Gasteiger partial charge in [0.25, 0.3) is 0 Å². The van der Waals surface area contributed by atoms with Crippen molar-refractivity contribution in [1.82, 2.24) is 9.55 Å². The number of hydrogen-bond acceptors (Lipinski definition) is 4. The molecule has 1 aliphatic carbocycles. The number of rotatable bonds is 3. The number of anilines is 1. The minimum atomic E-state index is -2.83. The highest BCUT2D eigenvalue weighted by molar-refractivity contribution is 7.91. The zero-order valence-corrected chi connectivity index (χ0v) is 10.7. The van der Waals surface area contributed by atoms with Gasteiger partial charge in [-0.25, -0.2) is 13.4 Å². The molecule has 6 heteroatoms. The molecule has 1 aliphatic heterocycles. The molecule has 2 fully saturated rings. The summed E-state index contributed by atoms with van der Waals surface area (Å²) in [6, 6.07) is 0.594. The van der Waals surface area contributed by atoms with Crippen LogP contribution in [0.3, 0.4) is 0 Å². The summed E-state index contributed by atoms with van der Waals surface area (Å²) in [5.41, 5.74) is 0.986. The Morgan fingerprint density at radius 1 is 1.41 bits per heavy atom.